The Hall–Kier alpha value is -0.0800. The maximum Gasteiger partial charge on any atom is 0.0636 e. The number of nitrogens with one attached hydrogen (secondary N) is 1. The molecule has 0 spiro atoms. The molecule has 2 nitrogen and oxygen atoms in total. The van der Waals surface area contributed by atoms with Gasteiger partial charge in [0.05, 0.1) is 6.10 Å². The Bertz CT molecular complexity index is 125. The van der Waals surface area contributed by atoms with Crippen molar-refractivity contribution in [3.63, 3.8) is 0 Å². The molecule has 1 saturated carbocycles. The van der Waals surface area contributed by atoms with Crippen LogP contribution in [0.15, 0.2) is 0 Å². The first kappa shape index (κ1) is 10.0. The Morgan fingerprint density at radius 3 is 2.83 bits per heavy atom. The van der Waals surface area contributed by atoms with E-state index in [1.807, 2.05) is 6.92 Å². The van der Waals surface area contributed by atoms with Crippen LogP contribution in [-0.2, 0) is 0 Å². The fraction of sp³-hybridized carbons (Fsp3) is 1.00. The Labute approximate surface area is 75.4 Å². The summed E-state index contributed by atoms with van der Waals surface area (Å²) in [7, 11) is 0. The van der Waals surface area contributed by atoms with Crippen molar-refractivity contribution in [1.29, 1.82) is 0 Å². The van der Waals surface area contributed by atoms with E-state index in [9.17, 15) is 0 Å². The average Bonchev–Trinajstić information content (AvgIpc) is 2.01. The van der Waals surface area contributed by atoms with Crippen molar-refractivity contribution in [1.82, 2.24) is 5.32 Å². The maximum atomic E-state index is 9.09. The van der Waals surface area contributed by atoms with Crippen LogP contribution in [0.25, 0.3) is 0 Å². The van der Waals surface area contributed by atoms with Crippen molar-refractivity contribution in [2.45, 2.75) is 51.7 Å². The summed E-state index contributed by atoms with van der Waals surface area (Å²) in [4.78, 5) is 0. The van der Waals surface area contributed by atoms with E-state index in [2.05, 4.69) is 12.2 Å². The SMILES string of the molecule is C[C@@H]1CCC[C@H](NC[C@@H](C)O)C1. The topological polar surface area (TPSA) is 32.3 Å². The zero-order valence-corrected chi connectivity index (χ0v) is 8.21. The second kappa shape index (κ2) is 4.83. The van der Waals surface area contributed by atoms with Gasteiger partial charge < -0.3 is 10.4 Å². The molecule has 0 aromatic carbocycles. The molecule has 0 amide bonds. The fourth-order valence-electron chi connectivity index (χ4n) is 1.96. The third kappa shape index (κ3) is 3.55. The molecule has 2 N–H and O–H groups in total. The molecule has 0 aromatic rings. The van der Waals surface area contributed by atoms with E-state index in [1.165, 1.54) is 25.7 Å². The Morgan fingerprint density at radius 2 is 2.25 bits per heavy atom. The lowest BCUT2D eigenvalue weighted by atomic mass is 9.87. The summed E-state index contributed by atoms with van der Waals surface area (Å²) >= 11 is 0. The molecule has 2 heteroatoms. The van der Waals surface area contributed by atoms with Gasteiger partial charge in [-0.05, 0) is 25.7 Å². The van der Waals surface area contributed by atoms with Crippen LogP contribution in [0, 0.1) is 5.92 Å². The molecule has 1 aliphatic rings. The van der Waals surface area contributed by atoms with Crippen molar-refractivity contribution < 1.29 is 5.11 Å². The molecule has 0 aliphatic heterocycles. The molecule has 0 bridgehead atoms. The molecule has 1 aliphatic carbocycles. The molecule has 1 fully saturated rings. The van der Waals surface area contributed by atoms with Gasteiger partial charge in [0, 0.05) is 12.6 Å². The molecule has 72 valence electrons. The van der Waals surface area contributed by atoms with E-state index >= 15 is 0 Å². The van der Waals surface area contributed by atoms with Crippen LogP contribution in [0.5, 0.6) is 0 Å². The van der Waals surface area contributed by atoms with Gasteiger partial charge in [-0.2, -0.15) is 0 Å². The highest BCUT2D eigenvalue weighted by Crippen LogP contribution is 2.23. The lowest BCUT2D eigenvalue weighted by molar-refractivity contribution is 0.177. The summed E-state index contributed by atoms with van der Waals surface area (Å²) in [6.45, 7) is 4.90. The fourth-order valence-corrected chi connectivity index (χ4v) is 1.96. The average molecular weight is 171 g/mol. The second-order valence-corrected chi connectivity index (χ2v) is 4.23. The minimum Gasteiger partial charge on any atom is -0.392 e. The number of rotatable bonds is 3. The normalized spacial score (nSPS) is 33.2. The van der Waals surface area contributed by atoms with Gasteiger partial charge in [-0.25, -0.2) is 0 Å². The third-order valence-corrected chi connectivity index (χ3v) is 2.64. The molecular weight excluding hydrogens is 150 g/mol. The third-order valence-electron chi connectivity index (χ3n) is 2.64. The summed E-state index contributed by atoms with van der Waals surface area (Å²) in [5, 5.41) is 12.5. The van der Waals surface area contributed by atoms with Gasteiger partial charge in [0.2, 0.25) is 0 Å². The predicted octanol–water partition coefficient (Wildman–Crippen LogP) is 1.54. The van der Waals surface area contributed by atoms with Gasteiger partial charge in [0.15, 0.2) is 0 Å². The van der Waals surface area contributed by atoms with Gasteiger partial charge in [-0.3, -0.25) is 0 Å². The number of hydrogen-bond acceptors (Lipinski definition) is 2. The van der Waals surface area contributed by atoms with Crippen LogP contribution < -0.4 is 5.32 Å². The van der Waals surface area contributed by atoms with Gasteiger partial charge in [-0.1, -0.05) is 19.8 Å². The van der Waals surface area contributed by atoms with Crippen LogP contribution in [0.3, 0.4) is 0 Å². The van der Waals surface area contributed by atoms with Crippen LogP contribution in [0.4, 0.5) is 0 Å². The summed E-state index contributed by atoms with van der Waals surface area (Å²) in [5.74, 6) is 0.866. The van der Waals surface area contributed by atoms with Gasteiger partial charge >= 0.3 is 0 Å². The zero-order chi connectivity index (χ0) is 8.97. The Kier molecular flexibility index (Phi) is 4.02. The standard InChI is InChI=1S/C10H21NO/c1-8-4-3-5-10(6-8)11-7-9(2)12/h8-12H,3-7H2,1-2H3/t8-,9-,10+/m1/s1. The molecule has 1 rings (SSSR count). The summed E-state index contributed by atoms with van der Waals surface area (Å²) in [6.07, 6.45) is 5.09. The predicted molar refractivity (Wildman–Crippen MR) is 51.1 cm³/mol. The van der Waals surface area contributed by atoms with E-state index < -0.39 is 0 Å². The monoisotopic (exact) mass is 171 g/mol. The lowest BCUT2D eigenvalue weighted by Crippen LogP contribution is -2.37. The van der Waals surface area contributed by atoms with E-state index in [0.29, 0.717) is 6.04 Å². The zero-order valence-electron chi connectivity index (χ0n) is 8.21. The molecule has 0 heterocycles. The first-order valence-corrected chi connectivity index (χ1v) is 5.10. The molecule has 0 aromatic heterocycles. The highest BCUT2D eigenvalue weighted by molar-refractivity contribution is 4.76. The Morgan fingerprint density at radius 1 is 1.50 bits per heavy atom. The summed E-state index contributed by atoms with van der Waals surface area (Å²) in [6, 6.07) is 0.656. The van der Waals surface area contributed by atoms with Crippen LogP contribution >= 0.6 is 0 Å². The van der Waals surface area contributed by atoms with Crippen LogP contribution in [0.1, 0.15) is 39.5 Å². The molecule has 0 saturated heterocycles. The van der Waals surface area contributed by atoms with E-state index in [4.69, 9.17) is 5.11 Å². The lowest BCUT2D eigenvalue weighted by Gasteiger charge is -2.28. The smallest absolute Gasteiger partial charge is 0.0636 e. The van der Waals surface area contributed by atoms with E-state index in [1.54, 1.807) is 0 Å². The second-order valence-electron chi connectivity index (χ2n) is 4.23. The minimum absolute atomic E-state index is 0.206. The van der Waals surface area contributed by atoms with Gasteiger partial charge in [-0.15, -0.1) is 0 Å². The maximum absolute atomic E-state index is 9.09. The summed E-state index contributed by atoms with van der Waals surface area (Å²) in [5.41, 5.74) is 0. The molecule has 0 radical (unpaired) electrons. The Balaban J connectivity index is 2.14. The first-order chi connectivity index (χ1) is 5.68. The highest BCUT2D eigenvalue weighted by atomic mass is 16.3. The molecule has 3 atom stereocenters. The largest absolute Gasteiger partial charge is 0.392 e. The number of aliphatic hydroxyl groups is 1. The number of hydrogen-bond donors (Lipinski definition) is 2. The quantitative estimate of drug-likeness (QED) is 0.675. The van der Waals surface area contributed by atoms with E-state index in [0.717, 1.165) is 12.5 Å². The first-order valence-electron chi connectivity index (χ1n) is 5.10. The molecular formula is C10H21NO. The van der Waals surface area contributed by atoms with Crippen molar-refractivity contribution in [2.75, 3.05) is 6.54 Å². The van der Waals surface area contributed by atoms with Gasteiger partial charge in [0.25, 0.3) is 0 Å². The van der Waals surface area contributed by atoms with Crippen LogP contribution in [-0.4, -0.2) is 23.8 Å². The minimum atomic E-state index is -0.206. The van der Waals surface area contributed by atoms with Crippen molar-refractivity contribution in [3.8, 4) is 0 Å². The molecule has 0 unspecified atom stereocenters. The van der Waals surface area contributed by atoms with Crippen molar-refractivity contribution >= 4 is 0 Å². The summed E-state index contributed by atoms with van der Waals surface area (Å²) < 4.78 is 0. The van der Waals surface area contributed by atoms with Gasteiger partial charge in [0.1, 0.15) is 0 Å². The van der Waals surface area contributed by atoms with Crippen molar-refractivity contribution in [2.24, 2.45) is 5.92 Å². The highest BCUT2D eigenvalue weighted by Gasteiger charge is 2.18. The molecule has 12 heavy (non-hydrogen) atoms. The van der Waals surface area contributed by atoms with Crippen LogP contribution in [0.2, 0.25) is 0 Å². The van der Waals surface area contributed by atoms with E-state index in [-0.39, 0.29) is 6.10 Å². The number of aliphatic hydroxyl groups excluding tert-OH is 1. The van der Waals surface area contributed by atoms with Crippen molar-refractivity contribution in [3.05, 3.63) is 0 Å².